The van der Waals surface area contributed by atoms with Crippen molar-refractivity contribution in [3.05, 3.63) is 39.2 Å². The third kappa shape index (κ3) is 2.72. The molecule has 24 heavy (non-hydrogen) atoms. The lowest BCUT2D eigenvalue weighted by molar-refractivity contribution is -1.01. The fourth-order valence-electron chi connectivity index (χ4n) is 4.18. The predicted octanol–water partition coefficient (Wildman–Crippen LogP) is -0.709. The summed E-state index contributed by atoms with van der Waals surface area (Å²) < 4.78 is 5.70. The molecule has 1 aliphatic carbocycles. The summed E-state index contributed by atoms with van der Waals surface area (Å²) in [7, 11) is 2.22. The van der Waals surface area contributed by atoms with Crippen LogP contribution in [0.25, 0.3) is 11.0 Å². The van der Waals surface area contributed by atoms with E-state index in [-0.39, 0.29) is 11.4 Å². The first-order chi connectivity index (χ1) is 11.6. The maximum Gasteiger partial charge on any atom is 0.339 e. The van der Waals surface area contributed by atoms with Crippen LogP contribution in [-0.4, -0.2) is 38.3 Å². The maximum absolute atomic E-state index is 12.4. The van der Waals surface area contributed by atoms with Gasteiger partial charge in [0.1, 0.15) is 38.5 Å². The summed E-state index contributed by atoms with van der Waals surface area (Å²) in [5.74, 6) is 0.250. The first-order valence-electron chi connectivity index (χ1n) is 9.08. The third-order valence-corrected chi connectivity index (χ3v) is 5.71. The molecule has 5 heteroatoms. The number of rotatable bonds is 2. The van der Waals surface area contributed by atoms with Crippen molar-refractivity contribution in [3.63, 3.8) is 0 Å². The first kappa shape index (κ1) is 15.7. The van der Waals surface area contributed by atoms with Crippen molar-refractivity contribution in [1.29, 1.82) is 0 Å². The van der Waals surface area contributed by atoms with Crippen molar-refractivity contribution in [3.8, 4) is 5.75 Å². The van der Waals surface area contributed by atoms with Gasteiger partial charge in [0.2, 0.25) is 0 Å². The van der Waals surface area contributed by atoms with Crippen molar-refractivity contribution >= 4 is 11.0 Å². The molecular formula is C19H26N2O3+2. The molecule has 2 heterocycles. The van der Waals surface area contributed by atoms with Crippen LogP contribution in [0.5, 0.6) is 5.75 Å². The molecule has 2 aliphatic rings. The Morgan fingerprint density at radius 2 is 1.79 bits per heavy atom. The Bertz CT molecular complexity index is 819. The molecule has 1 fully saturated rings. The average Bonchev–Trinajstić information content (AvgIpc) is 2.60. The second kappa shape index (κ2) is 6.22. The van der Waals surface area contributed by atoms with Gasteiger partial charge in [-0.25, -0.2) is 4.79 Å². The molecule has 2 aromatic rings. The van der Waals surface area contributed by atoms with E-state index in [0.717, 1.165) is 80.5 Å². The topological polar surface area (TPSA) is 59.3 Å². The molecule has 0 spiro atoms. The number of piperazine rings is 1. The summed E-state index contributed by atoms with van der Waals surface area (Å²) >= 11 is 0. The monoisotopic (exact) mass is 330 g/mol. The van der Waals surface area contributed by atoms with Gasteiger partial charge < -0.3 is 19.3 Å². The zero-order chi connectivity index (χ0) is 16.7. The van der Waals surface area contributed by atoms with Gasteiger partial charge >= 0.3 is 5.63 Å². The van der Waals surface area contributed by atoms with Gasteiger partial charge in [-0.2, -0.15) is 0 Å². The van der Waals surface area contributed by atoms with Crippen molar-refractivity contribution in [1.82, 2.24) is 0 Å². The molecule has 0 radical (unpaired) electrons. The average molecular weight is 330 g/mol. The molecule has 128 valence electrons. The van der Waals surface area contributed by atoms with Crippen LogP contribution < -0.4 is 15.4 Å². The maximum atomic E-state index is 12.4. The second-order valence-corrected chi connectivity index (χ2v) is 7.38. The van der Waals surface area contributed by atoms with Crippen molar-refractivity contribution in [2.75, 3.05) is 33.2 Å². The second-order valence-electron chi connectivity index (χ2n) is 7.38. The number of nitrogens with one attached hydrogen (secondary N) is 2. The Kier molecular flexibility index (Phi) is 4.06. The Labute approximate surface area is 141 Å². The zero-order valence-corrected chi connectivity index (χ0v) is 14.3. The fourth-order valence-corrected chi connectivity index (χ4v) is 4.18. The third-order valence-electron chi connectivity index (χ3n) is 5.71. The summed E-state index contributed by atoms with van der Waals surface area (Å²) in [5, 5.41) is 11.4. The number of aromatic hydroxyl groups is 1. The van der Waals surface area contributed by atoms with Crippen molar-refractivity contribution in [2.45, 2.75) is 32.2 Å². The van der Waals surface area contributed by atoms with Crippen LogP contribution in [-0.2, 0) is 19.4 Å². The van der Waals surface area contributed by atoms with E-state index in [1.165, 1.54) is 4.90 Å². The highest BCUT2D eigenvalue weighted by Crippen LogP contribution is 2.32. The normalized spacial score (nSPS) is 24.0. The van der Waals surface area contributed by atoms with Crippen LogP contribution in [0.4, 0.5) is 0 Å². The van der Waals surface area contributed by atoms with Crippen LogP contribution in [0.15, 0.2) is 21.3 Å². The summed E-state index contributed by atoms with van der Waals surface area (Å²) in [6, 6.07) is 3.69. The minimum absolute atomic E-state index is 0.207. The lowest BCUT2D eigenvalue weighted by atomic mass is 9.90. The van der Waals surface area contributed by atoms with E-state index in [9.17, 15) is 9.90 Å². The summed E-state index contributed by atoms with van der Waals surface area (Å²) in [5.41, 5.74) is 3.20. The SMILES string of the molecule is C[NH+]1CC[NH+](Cc2c(O)ccc3c4c(c(=O)oc23)CCCC4)CC1. The summed E-state index contributed by atoms with van der Waals surface area (Å²) in [6.45, 7) is 5.16. The molecule has 5 nitrogen and oxygen atoms in total. The highest BCUT2D eigenvalue weighted by atomic mass is 16.4. The standard InChI is InChI=1S/C19H24N2O3/c1-20-8-10-21(11-9-20)12-16-17(22)7-6-14-13-4-2-3-5-15(13)19(23)24-18(14)16/h6-7,22H,2-5,8-12H2,1H3/p+2. The van der Waals surface area contributed by atoms with Gasteiger partial charge in [-0.1, -0.05) is 0 Å². The van der Waals surface area contributed by atoms with Crippen LogP contribution >= 0.6 is 0 Å². The van der Waals surface area contributed by atoms with Gasteiger partial charge in [-0.05, 0) is 43.4 Å². The molecule has 1 aromatic carbocycles. The number of benzene rings is 1. The molecule has 1 aliphatic heterocycles. The highest BCUT2D eigenvalue weighted by Gasteiger charge is 2.25. The Hall–Kier alpha value is -1.85. The van der Waals surface area contributed by atoms with Crippen LogP contribution in [0, 0.1) is 0 Å². The molecular weight excluding hydrogens is 304 g/mol. The summed E-state index contributed by atoms with van der Waals surface area (Å²) in [4.78, 5) is 15.4. The van der Waals surface area contributed by atoms with Crippen molar-refractivity contribution in [2.24, 2.45) is 0 Å². The number of hydrogen-bond donors (Lipinski definition) is 3. The Morgan fingerprint density at radius 3 is 2.54 bits per heavy atom. The lowest BCUT2D eigenvalue weighted by Gasteiger charge is -2.27. The van der Waals surface area contributed by atoms with Crippen LogP contribution in [0.3, 0.4) is 0 Å². The molecule has 0 atom stereocenters. The van der Waals surface area contributed by atoms with Gasteiger partial charge in [0.05, 0.1) is 12.6 Å². The molecule has 0 bridgehead atoms. The molecule has 4 rings (SSSR count). The number of aryl methyl sites for hydroxylation is 1. The van der Waals surface area contributed by atoms with Gasteiger partial charge in [-0.15, -0.1) is 0 Å². The van der Waals surface area contributed by atoms with Gasteiger partial charge in [0.15, 0.2) is 5.58 Å². The molecule has 3 N–H and O–H groups in total. The number of quaternary nitrogens is 2. The largest absolute Gasteiger partial charge is 0.507 e. The zero-order valence-electron chi connectivity index (χ0n) is 14.3. The number of fused-ring (bicyclic) bond motifs is 3. The first-order valence-corrected chi connectivity index (χ1v) is 9.08. The Morgan fingerprint density at radius 1 is 1.08 bits per heavy atom. The van der Waals surface area contributed by atoms with Gasteiger partial charge in [0, 0.05) is 10.9 Å². The Balaban J connectivity index is 1.78. The number of hydrogen-bond acceptors (Lipinski definition) is 3. The molecule has 0 saturated carbocycles. The molecule has 1 aromatic heterocycles. The predicted molar refractivity (Wildman–Crippen MR) is 91.8 cm³/mol. The van der Waals surface area contributed by atoms with E-state index >= 15 is 0 Å². The van der Waals surface area contributed by atoms with E-state index in [1.807, 2.05) is 6.07 Å². The van der Waals surface area contributed by atoms with Crippen LogP contribution in [0.1, 0.15) is 29.5 Å². The van der Waals surface area contributed by atoms with Gasteiger partial charge in [0.25, 0.3) is 0 Å². The van der Waals surface area contributed by atoms with E-state index in [2.05, 4.69) is 7.05 Å². The highest BCUT2D eigenvalue weighted by molar-refractivity contribution is 5.86. The summed E-state index contributed by atoms with van der Waals surface area (Å²) in [6.07, 6.45) is 3.93. The van der Waals surface area contributed by atoms with Crippen LogP contribution in [0.2, 0.25) is 0 Å². The minimum Gasteiger partial charge on any atom is -0.507 e. The van der Waals surface area contributed by atoms with E-state index in [0.29, 0.717) is 5.58 Å². The molecule has 0 amide bonds. The molecule has 0 unspecified atom stereocenters. The van der Waals surface area contributed by atoms with Gasteiger partial charge in [-0.3, -0.25) is 0 Å². The minimum atomic E-state index is -0.207. The van der Waals surface area contributed by atoms with Crippen molar-refractivity contribution < 1.29 is 19.3 Å². The lowest BCUT2D eigenvalue weighted by Crippen LogP contribution is -3.26. The van der Waals surface area contributed by atoms with E-state index in [1.54, 1.807) is 11.0 Å². The van der Waals surface area contributed by atoms with E-state index in [4.69, 9.17) is 4.42 Å². The smallest absolute Gasteiger partial charge is 0.339 e. The number of likely N-dealkylation sites (N-methyl/N-ethyl adjacent to an activating group) is 1. The quantitative estimate of drug-likeness (QED) is 0.638. The number of phenolic OH excluding ortho intramolecular Hbond substituents is 1. The number of phenols is 1. The molecule has 1 saturated heterocycles. The fraction of sp³-hybridized carbons (Fsp3) is 0.526. The van der Waals surface area contributed by atoms with E-state index < -0.39 is 0 Å².